The lowest BCUT2D eigenvalue weighted by molar-refractivity contribution is 0.216. The molecule has 5 nitrogen and oxygen atoms in total. The number of anilines is 1. The van der Waals surface area contributed by atoms with Gasteiger partial charge in [-0.25, -0.2) is 8.42 Å². The lowest BCUT2D eigenvalue weighted by Gasteiger charge is -2.19. The van der Waals surface area contributed by atoms with Gasteiger partial charge in [0.2, 0.25) is 0 Å². The summed E-state index contributed by atoms with van der Waals surface area (Å²) in [5, 5.41) is 8.80. The second-order valence-electron chi connectivity index (χ2n) is 2.80. The van der Waals surface area contributed by atoms with Gasteiger partial charge >= 0.3 is 0 Å². The van der Waals surface area contributed by atoms with Gasteiger partial charge in [0, 0.05) is 0 Å². The van der Waals surface area contributed by atoms with Gasteiger partial charge in [-0.15, -0.1) is 4.47 Å². The fraction of sp³-hybridized carbons (Fsp3) is 0.222. The van der Waals surface area contributed by atoms with Crippen LogP contribution in [0.15, 0.2) is 24.3 Å². The third-order valence-electron chi connectivity index (χ3n) is 1.69. The zero-order valence-corrected chi connectivity index (χ0v) is 9.15. The average molecular weight is 226 g/mol. The fourth-order valence-electron chi connectivity index (χ4n) is 1.14. The molecular weight excluding hydrogens is 216 g/mol. The molecule has 0 saturated heterocycles. The van der Waals surface area contributed by atoms with Crippen molar-refractivity contribution < 1.29 is 13.3 Å². The zero-order valence-electron chi connectivity index (χ0n) is 8.34. The minimum absolute atomic E-state index is 0.213. The Kier molecular flexibility index (Phi) is 3.29. The van der Waals surface area contributed by atoms with E-state index in [-0.39, 0.29) is 11.3 Å². The lowest BCUT2D eigenvalue weighted by atomic mass is 10.2. The molecule has 0 aromatic heterocycles. The Morgan fingerprint density at radius 2 is 2.00 bits per heavy atom. The maximum atomic E-state index is 11.3. The van der Waals surface area contributed by atoms with Crippen molar-refractivity contribution in [3.63, 3.8) is 0 Å². The van der Waals surface area contributed by atoms with E-state index < -0.39 is 10.0 Å². The van der Waals surface area contributed by atoms with Crippen LogP contribution in [-0.4, -0.2) is 21.8 Å². The summed E-state index contributed by atoms with van der Waals surface area (Å²) in [4.78, 5) is 4.74. The topological polar surface area (TPSA) is 70.4 Å². The Labute approximate surface area is 88.5 Å². The Balaban J connectivity index is 3.32. The van der Waals surface area contributed by atoms with Gasteiger partial charge in [0.25, 0.3) is 10.0 Å². The molecule has 0 radical (unpaired) electrons. The lowest BCUT2D eigenvalue weighted by Crippen LogP contribution is -2.29. The number of nitrogens with zero attached hydrogens (tertiary/aromatic N) is 2. The smallest absolute Gasteiger partial charge is 0.254 e. The Bertz CT molecular complexity index is 490. The molecule has 15 heavy (non-hydrogen) atoms. The molecule has 0 spiro atoms. The number of rotatable bonds is 3. The molecule has 80 valence electrons. The fourth-order valence-corrected chi connectivity index (χ4v) is 1.93. The highest BCUT2D eigenvalue weighted by molar-refractivity contribution is 7.91. The highest BCUT2D eigenvalue weighted by Gasteiger charge is 2.19. The second kappa shape index (κ2) is 4.29. The highest BCUT2D eigenvalue weighted by atomic mass is 32.2. The van der Waals surface area contributed by atoms with E-state index >= 15 is 0 Å². The molecule has 0 bridgehead atoms. The monoisotopic (exact) mass is 226 g/mol. The van der Waals surface area contributed by atoms with E-state index in [1.807, 2.05) is 6.07 Å². The van der Waals surface area contributed by atoms with Crippen LogP contribution in [0.2, 0.25) is 0 Å². The molecule has 1 aromatic carbocycles. The van der Waals surface area contributed by atoms with Crippen molar-refractivity contribution in [1.82, 2.24) is 0 Å². The third kappa shape index (κ3) is 2.46. The van der Waals surface area contributed by atoms with Gasteiger partial charge < -0.3 is 0 Å². The van der Waals surface area contributed by atoms with Gasteiger partial charge in [-0.2, -0.15) is 5.26 Å². The molecule has 0 aliphatic carbocycles. The molecule has 1 aromatic rings. The van der Waals surface area contributed by atoms with Crippen LogP contribution in [0.1, 0.15) is 5.56 Å². The molecular formula is C9H10N2O3S. The first-order chi connectivity index (χ1) is 7.00. The van der Waals surface area contributed by atoms with Gasteiger partial charge in [-0.3, -0.25) is 4.84 Å². The van der Waals surface area contributed by atoms with E-state index in [1.54, 1.807) is 12.1 Å². The number of nitriles is 1. The molecule has 0 unspecified atom stereocenters. The first-order valence-electron chi connectivity index (χ1n) is 4.04. The van der Waals surface area contributed by atoms with Crippen molar-refractivity contribution in [1.29, 1.82) is 5.26 Å². The number of hydrogen-bond donors (Lipinski definition) is 0. The summed E-state index contributed by atoms with van der Waals surface area (Å²) in [5.41, 5.74) is 0.453. The van der Waals surface area contributed by atoms with E-state index in [2.05, 4.69) is 0 Å². The summed E-state index contributed by atoms with van der Waals surface area (Å²) in [6.45, 7) is 0. The van der Waals surface area contributed by atoms with E-state index in [1.165, 1.54) is 19.2 Å². The van der Waals surface area contributed by atoms with E-state index in [0.29, 0.717) is 4.47 Å². The maximum absolute atomic E-state index is 11.3. The molecule has 0 aliphatic rings. The summed E-state index contributed by atoms with van der Waals surface area (Å²) in [5.74, 6) is 0. The van der Waals surface area contributed by atoms with Crippen molar-refractivity contribution in [2.24, 2.45) is 0 Å². The van der Waals surface area contributed by atoms with Gasteiger partial charge in [0.05, 0.1) is 24.6 Å². The third-order valence-corrected chi connectivity index (χ3v) is 2.64. The highest BCUT2D eigenvalue weighted by Crippen LogP contribution is 2.21. The van der Waals surface area contributed by atoms with Crippen molar-refractivity contribution in [3.05, 3.63) is 29.8 Å². The first kappa shape index (κ1) is 11.5. The molecule has 0 saturated carbocycles. The zero-order chi connectivity index (χ0) is 11.5. The normalized spacial score (nSPS) is 10.7. The Morgan fingerprint density at radius 1 is 1.40 bits per heavy atom. The van der Waals surface area contributed by atoms with Crippen molar-refractivity contribution >= 4 is 15.7 Å². The van der Waals surface area contributed by atoms with Gasteiger partial charge in [-0.05, 0) is 12.1 Å². The maximum Gasteiger partial charge on any atom is 0.254 e. The van der Waals surface area contributed by atoms with Crippen LogP contribution >= 0.6 is 0 Å². The van der Waals surface area contributed by atoms with E-state index in [4.69, 9.17) is 10.1 Å². The summed E-state index contributed by atoms with van der Waals surface area (Å²) in [7, 11) is -2.31. The SMILES string of the molecule is CON(c1ccccc1C#N)S(C)(=O)=O. The van der Waals surface area contributed by atoms with Crippen LogP contribution in [0.3, 0.4) is 0 Å². The molecule has 0 atom stereocenters. The number of benzene rings is 1. The molecule has 0 amide bonds. The largest absolute Gasteiger partial charge is 0.262 e. The van der Waals surface area contributed by atoms with E-state index in [9.17, 15) is 8.42 Å². The summed E-state index contributed by atoms with van der Waals surface area (Å²) in [6.07, 6.45) is 1.00. The molecule has 6 heteroatoms. The molecule has 0 N–H and O–H groups in total. The Morgan fingerprint density at radius 3 is 2.47 bits per heavy atom. The predicted octanol–water partition coefficient (Wildman–Crippen LogP) is 0.886. The minimum Gasteiger partial charge on any atom is -0.262 e. The Hall–Kier alpha value is -1.58. The van der Waals surface area contributed by atoms with Gasteiger partial charge in [0.1, 0.15) is 6.07 Å². The second-order valence-corrected chi connectivity index (χ2v) is 4.60. The first-order valence-corrected chi connectivity index (χ1v) is 5.89. The van der Waals surface area contributed by atoms with Crippen molar-refractivity contribution in [2.75, 3.05) is 17.8 Å². The van der Waals surface area contributed by atoms with Crippen LogP contribution < -0.4 is 4.47 Å². The van der Waals surface area contributed by atoms with Crippen molar-refractivity contribution in [2.45, 2.75) is 0 Å². The molecule has 0 aliphatic heterocycles. The average Bonchev–Trinajstić information content (AvgIpc) is 2.17. The number of hydrogen-bond acceptors (Lipinski definition) is 4. The number of sulfonamides is 1. The van der Waals surface area contributed by atoms with Gasteiger partial charge in [0.15, 0.2) is 0 Å². The molecule has 0 fully saturated rings. The molecule has 0 heterocycles. The molecule has 1 rings (SSSR count). The van der Waals surface area contributed by atoms with Crippen LogP contribution in [0.25, 0.3) is 0 Å². The van der Waals surface area contributed by atoms with Crippen LogP contribution in [0.5, 0.6) is 0 Å². The van der Waals surface area contributed by atoms with Crippen molar-refractivity contribution in [3.8, 4) is 6.07 Å². The standard InChI is InChI=1S/C9H10N2O3S/c1-14-11(15(2,12)13)9-6-4-3-5-8(9)7-10/h3-6H,1-2H3. The van der Waals surface area contributed by atoms with Gasteiger partial charge in [-0.1, -0.05) is 12.1 Å². The van der Waals surface area contributed by atoms with E-state index in [0.717, 1.165) is 6.26 Å². The summed E-state index contributed by atoms with van der Waals surface area (Å²) in [6, 6.07) is 8.20. The summed E-state index contributed by atoms with van der Waals surface area (Å²) < 4.78 is 23.4. The minimum atomic E-state index is -3.54. The summed E-state index contributed by atoms with van der Waals surface area (Å²) >= 11 is 0. The van der Waals surface area contributed by atoms with Crippen LogP contribution in [0.4, 0.5) is 5.69 Å². The van der Waals surface area contributed by atoms with Crippen LogP contribution in [0, 0.1) is 11.3 Å². The predicted molar refractivity (Wildman–Crippen MR) is 55.5 cm³/mol. The van der Waals surface area contributed by atoms with Crippen LogP contribution in [-0.2, 0) is 14.9 Å². The quantitative estimate of drug-likeness (QED) is 0.717. The number of para-hydroxylation sites is 1.